The number of aromatic nitrogens is 1. The van der Waals surface area contributed by atoms with Gasteiger partial charge in [-0.1, -0.05) is 18.2 Å². The molecule has 0 spiro atoms. The average Bonchev–Trinajstić information content (AvgIpc) is 2.93. The summed E-state index contributed by atoms with van der Waals surface area (Å²) in [5, 5.41) is 21.3. The van der Waals surface area contributed by atoms with Crippen molar-refractivity contribution in [1.29, 1.82) is 0 Å². The van der Waals surface area contributed by atoms with Crippen LogP contribution >= 0.6 is 0 Å². The normalized spacial score (nSPS) is 16.0. The summed E-state index contributed by atoms with van der Waals surface area (Å²) >= 11 is 0. The molecule has 1 unspecified atom stereocenters. The Morgan fingerprint density at radius 2 is 1.43 bits per heavy atom. The summed E-state index contributed by atoms with van der Waals surface area (Å²) in [5.74, 6) is -1.74. The molecule has 42 heavy (non-hydrogen) atoms. The fraction of sp³-hybridized carbons (Fsp3) is 0.517. The maximum absolute atomic E-state index is 12.5. The van der Waals surface area contributed by atoms with Crippen molar-refractivity contribution in [2.75, 3.05) is 52.5 Å². The van der Waals surface area contributed by atoms with E-state index in [1.54, 1.807) is 26.0 Å². The molecule has 3 rings (SSSR count). The van der Waals surface area contributed by atoms with Crippen LogP contribution in [-0.4, -0.2) is 106 Å². The van der Waals surface area contributed by atoms with Gasteiger partial charge in [-0.25, -0.2) is 0 Å². The van der Waals surface area contributed by atoms with Gasteiger partial charge in [0.2, 0.25) is 0 Å². The number of nitro groups is 1. The number of carbonyl (C=O) groups is 3. The first-order valence-corrected chi connectivity index (χ1v) is 14.1. The van der Waals surface area contributed by atoms with E-state index in [2.05, 4.69) is 0 Å². The number of aryl methyl sites for hydroxylation is 1. The van der Waals surface area contributed by atoms with Crippen LogP contribution in [0.2, 0.25) is 0 Å². The fourth-order valence-electron chi connectivity index (χ4n) is 4.88. The number of nitrogens with zero attached hydrogens (tertiary/aromatic N) is 5. The van der Waals surface area contributed by atoms with Gasteiger partial charge < -0.3 is 14.6 Å². The van der Waals surface area contributed by atoms with Crippen LogP contribution in [0.25, 0.3) is 0 Å². The first-order chi connectivity index (χ1) is 20.2. The summed E-state index contributed by atoms with van der Waals surface area (Å²) in [6, 6.07) is 10.8. The highest BCUT2D eigenvalue weighted by Gasteiger charge is 2.28. The number of carboxylic acid groups (broad SMARTS) is 1. The van der Waals surface area contributed by atoms with E-state index < -0.39 is 16.9 Å². The number of benzene rings is 1. The minimum atomic E-state index is -0.996. The van der Waals surface area contributed by atoms with Crippen LogP contribution in [-0.2, 0) is 43.4 Å². The number of carboxylic acids is 1. The van der Waals surface area contributed by atoms with E-state index in [0.29, 0.717) is 45.7 Å². The Labute approximate surface area is 245 Å². The molecule has 1 aromatic heterocycles. The number of non-ortho nitro benzene ring substituents is 1. The van der Waals surface area contributed by atoms with Crippen molar-refractivity contribution >= 4 is 23.6 Å². The largest absolute Gasteiger partial charge is 0.480 e. The topological polar surface area (TPSA) is 156 Å². The lowest BCUT2D eigenvalue weighted by Gasteiger charge is -2.34. The Kier molecular flexibility index (Phi) is 12.8. The monoisotopic (exact) mass is 585 g/mol. The van der Waals surface area contributed by atoms with E-state index in [0.717, 1.165) is 17.0 Å². The van der Waals surface area contributed by atoms with Gasteiger partial charge in [0.1, 0.15) is 6.04 Å². The fourth-order valence-corrected chi connectivity index (χ4v) is 4.88. The molecule has 13 nitrogen and oxygen atoms in total. The van der Waals surface area contributed by atoms with Gasteiger partial charge in [0.15, 0.2) is 0 Å². The van der Waals surface area contributed by atoms with Crippen molar-refractivity contribution in [1.82, 2.24) is 19.7 Å². The molecular weight excluding hydrogens is 546 g/mol. The Bertz CT molecular complexity index is 1160. The molecule has 1 atom stereocenters. The summed E-state index contributed by atoms with van der Waals surface area (Å²) in [5.41, 5.74) is 2.25. The number of fused-ring (bicyclic) bond motifs is 2. The number of rotatable bonds is 12. The molecular formula is C29H39N5O8. The maximum atomic E-state index is 12.5. The van der Waals surface area contributed by atoms with E-state index >= 15 is 0 Å². The summed E-state index contributed by atoms with van der Waals surface area (Å²) < 4.78 is 10.3. The van der Waals surface area contributed by atoms with E-state index in [9.17, 15) is 29.6 Å². The average molecular weight is 586 g/mol. The number of pyridine rings is 1. The van der Waals surface area contributed by atoms with Gasteiger partial charge in [0, 0.05) is 51.4 Å². The molecule has 0 aliphatic carbocycles. The van der Waals surface area contributed by atoms with Crippen LogP contribution in [0.3, 0.4) is 0 Å². The number of carbonyl (C=O) groups excluding carboxylic acids is 2. The molecule has 0 radical (unpaired) electrons. The van der Waals surface area contributed by atoms with Gasteiger partial charge in [0.25, 0.3) is 5.69 Å². The number of nitro benzene ring substituents is 1. The van der Waals surface area contributed by atoms with Gasteiger partial charge in [-0.2, -0.15) is 0 Å². The lowest BCUT2D eigenvalue weighted by Crippen LogP contribution is -2.49. The minimum Gasteiger partial charge on any atom is -0.480 e. The lowest BCUT2D eigenvalue weighted by atomic mass is 10.0. The second-order valence-electron chi connectivity index (χ2n) is 10.0. The Balaban J connectivity index is 1.86. The molecule has 1 aliphatic heterocycles. The van der Waals surface area contributed by atoms with Crippen LogP contribution in [0.1, 0.15) is 37.2 Å². The molecule has 0 amide bonds. The van der Waals surface area contributed by atoms with E-state index in [-0.39, 0.29) is 50.4 Å². The van der Waals surface area contributed by atoms with Gasteiger partial charge in [-0.3, -0.25) is 44.2 Å². The zero-order valence-corrected chi connectivity index (χ0v) is 24.1. The predicted octanol–water partition coefficient (Wildman–Crippen LogP) is 2.12. The number of hydrogen-bond donors (Lipinski definition) is 1. The highest BCUT2D eigenvalue weighted by Crippen LogP contribution is 2.17. The first kappa shape index (κ1) is 32.6. The van der Waals surface area contributed by atoms with Crippen LogP contribution in [0, 0.1) is 10.1 Å². The molecule has 2 aromatic rings. The van der Waals surface area contributed by atoms with Crippen molar-refractivity contribution in [3.63, 3.8) is 0 Å². The van der Waals surface area contributed by atoms with Gasteiger partial charge in [-0.15, -0.1) is 0 Å². The molecule has 1 aromatic carbocycles. The molecule has 13 heteroatoms. The maximum Gasteiger partial charge on any atom is 0.320 e. The second kappa shape index (κ2) is 16.5. The second-order valence-corrected chi connectivity index (χ2v) is 10.0. The first-order valence-electron chi connectivity index (χ1n) is 14.1. The van der Waals surface area contributed by atoms with Crippen LogP contribution < -0.4 is 0 Å². The van der Waals surface area contributed by atoms with Crippen LogP contribution in [0.4, 0.5) is 5.69 Å². The van der Waals surface area contributed by atoms with E-state index in [4.69, 9.17) is 14.5 Å². The molecule has 2 bridgehead atoms. The number of hydrogen-bond acceptors (Lipinski definition) is 11. The van der Waals surface area contributed by atoms with Gasteiger partial charge in [-0.05, 0) is 44.4 Å². The minimum absolute atomic E-state index is 0.0284. The molecule has 0 fully saturated rings. The molecule has 228 valence electrons. The number of ether oxygens (including phenoxy) is 2. The smallest absolute Gasteiger partial charge is 0.320 e. The SMILES string of the molecule is CCOC(=O)CN1CCN(C(CCc2ccc([N+](=O)[O-])cc2)C(=O)O)CCN(CC(=O)OCC)Cc2cccc(n2)C1. The quantitative estimate of drug-likeness (QED) is 0.220. The van der Waals surface area contributed by atoms with E-state index in [1.807, 2.05) is 32.9 Å². The van der Waals surface area contributed by atoms with Crippen molar-refractivity contribution < 1.29 is 33.9 Å². The highest BCUT2D eigenvalue weighted by atomic mass is 16.6. The van der Waals surface area contributed by atoms with Crippen molar-refractivity contribution in [2.45, 2.75) is 45.8 Å². The van der Waals surface area contributed by atoms with Crippen molar-refractivity contribution in [3.8, 4) is 0 Å². The zero-order chi connectivity index (χ0) is 30.5. The van der Waals surface area contributed by atoms with Crippen LogP contribution in [0.5, 0.6) is 0 Å². The Morgan fingerprint density at radius 3 is 1.88 bits per heavy atom. The third-order valence-corrected chi connectivity index (χ3v) is 6.94. The van der Waals surface area contributed by atoms with Crippen LogP contribution in [0.15, 0.2) is 42.5 Å². The summed E-state index contributed by atoms with van der Waals surface area (Å²) in [6.45, 7) is 6.21. The molecule has 1 N–H and O–H groups in total. The lowest BCUT2D eigenvalue weighted by molar-refractivity contribution is -0.384. The standard InChI is InChI=1S/C29H39N5O8/c1-3-41-27(35)20-31-14-16-33(26(29(37)38)13-10-22-8-11-25(12-9-22)34(39)40)17-15-32(21-28(36)42-4-2)19-24-7-5-6-23(18-31)30-24/h5-9,11-12,26H,3-4,10,13-21H2,1-2H3,(H,37,38). The van der Waals surface area contributed by atoms with E-state index in [1.165, 1.54) is 12.1 Å². The molecule has 1 aliphatic rings. The highest BCUT2D eigenvalue weighted by molar-refractivity contribution is 5.73. The van der Waals surface area contributed by atoms with Crippen molar-refractivity contribution in [2.24, 2.45) is 0 Å². The van der Waals surface area contributed by atoms with Gasteiger partial charge >= 0.3 is 17.9 Å². The molecule has 2 heterocycles. The molecule has 0 saturated carbocycles. The van der Waals surface area contributed by atoms with Gasteiger partial charge in [0.05, 0.1) is 42.6 Å². The number of aliphatic carboxylic acids is 1. The zero-order valence-electron chi connectivity index (χ0n) is 24.1. The van der Waals surface area contributed by atoms with Crippen molar-refractivity contribution in [3.05, 3.63) is 69.5 Å². The Morgan fingerprint density at radius 1 is 0.905 bits per heavy atom. The predicted molar refractivity (Wildman–Crippen MR) is 152 cm³/mol. The summed E-state index contributed by atoms with van der Waals surface area (Å²) in [4.78, 5) is 58.2. The Hall–Kier alpha value is -3.94. The summed E-state index contributed by atoms with van der Waals surface area (Å²) in [6.07, 6.45) is 0.669. The number of esters is 2. The third kappa shape index (κ3) is 10.5. The third-order valence-electron chi connectivity index (χ3n) is 6.94. The summed E-state index contributed by atoms with van der Waals surface area (Å²) in [7, 11) is 0. The molecule has 0 saturated heterocycles.